The topological polar surface area (TPSA) is 42.4 Å². The number of nitrogens with zero attached hydrogens (tertiary/aromatic N) is 2. The molecule has 0 amide bonds. The Morgan fingerprint density at radius 3 is 1.40 bits per heavy atom. The van der Waals surface area contributed by atoms with Gasteiger partial charge in [0.05, 0.1) is 10.8 Å². The Bertz CT molecular complexity index is 5680. The molecule has 15 aromatic rings. The van der Waals surface area contributed by atoms with Crippen molar-refractivity contribution in [3.05, 3.63) is 322 Å². The maximum absolute atomic E-state index is 7.07. The molecule has 0 fully saturated rings. The van der Waals surface area contributed by atoms with Crippen molar-refractivity contribution < 1.29 is 8.83 Å². The first kappa shape index (κ1) is 48.3. The monoisotopic (exact) mass is 1130 g/mol. The molecule has 0 atom stereocenters. The summed E-state index contributed by atoms with van der Waals surface area (Å²) in [4.78, 5) is 7.65. The van der Waals surface area contributed by atoms with E-state index in [1.54, 1.807) is 0 Å². The summed E-state index contributed by atoms with van der Waals surface area (Å²) < 4.78 is 13.9. The van der Waals surface area contributed by atoms with Gasteiger partial charge >= 0.3 is 0 Å². The summed E-state index contributed by atoms with van der Waals surface area (Å²) in [5.41, 5.74) is 34.9. The lowest BCUT2D eigenvalue weighted by Crippen LogP contribution is -2.27. The largest absolute Gasteiger partial charge is 0.456 e. The lowest BCUT2D eigenvalue weighted by atomic mass is 9.68. The van der Waals surface area contributed by atoms with Gasteiger partial charge in [-0.2, -0.15) is 0 Å². The van der Waals surface area contributed by atoms with Gasteiger partial charge in [0.25, 0.3) is 0 Å². The average Bonchev–Trinajstić information content (AvgIpc) is 1.50. The van der Waals surface area contributed by atoms with Crippen molar-refractivity contribution in [1.82, 2.24) is 4.98 Å². The number of pyridine rings is 1. The molecule has 12 aromatic carbocycles. The first-order chi connectivity index (χ1) is 43.7. The third-order valence-corrected chi connectivity index (χ3v) is 22.1. The Kier molecular flexibility index (Phi) is 8.81. The number of furan rings is 2. The molecular formula is C85H54N2O2. The molecule has 0 saturated carbocycles. The SMILES string of the molecule is CC1(C)c2ccccc2-c2c1c1c(c3c2oc2ccccc23)-c2ccc(N(c3ccc4c(c3)C3(c5ccccc5-c5ccccc53)c3cc5c(cc3-4)C3(c4ccccc4-c4ccccc43)c3ccc4oc6ccccc6c4c3-5)c3ccccn3)cc2C1(C)C. The Hall–Kier alpha value is -10.8. The number of rotatable bonds is 3. The van der Waals surface area contributed by atoms with Crippen LogP contribution >= 0.6 is 0 Å². The normalized spacial score (nSPS) is 15.8. The van der Waals surface area contributed by atoms with Crippen molar-refractivity contribution in [2.45, 2.75) is 49.4 Å². The van der Waals surface area contributed by atoms with E-state index in [9.17, 15) is 0 Å². The number of benzene rings is 12. The minimum atomic E-state index is -0.683. The zero-order valence-electron chi connectivity index (χ0n) is 49.5. The zero-order chi connectivity index (χ0) is 58.6. The predicted molar refractivity (Wildman–Crippen MR) is 361 cm³/mol. The smallest absolute Gasteiger partial charge is 0.144 e. The van der Waals surface area contributed by atoms with Crippen molar-refractivity contribution in [3.8, 4) is 66.8 Å². The van der Waals surface area contributed by atoms with Crippen LogP contribution < -0.4 is 4.90 Å². The van der Waals surface area contributed by atoms with Crippen molar-refractivity contribution in [2.75, 3.05) is 4.90 Å². The first-order valence-electron chi connectivity index (χ1n) is 31.3. The predicted octanol–water partition coefficient (Wildman–Crippen LogP) is 21.6. The highest BCUT2D eigenvalue weighted by atomic mass is 16.3. The molecule has 6 aliphatic rings. The second-order valence-corrected chi connectivity index (χ2v) is 26.7. The second-order valence-electron chi connectivity index (χ2n) is 26.7. The van der Waals surface area contributed by atoms with Gasteiger partial charge in [0, 0.05) is 55.5 Å². The van der Waals surface area contributed by atoms with Crippen molar-refractivity contribution in [2.24, 2.45) is 0 Å². The van der Waals surface area contributed by atoms with Crippen LogP contribution in [0.3, 0.4) is 0 Å². The number of aromatic nitrogens is 1. The Labute approximate surface area is 514 Å². The molecule has 0 saturated heterocycles. The molecule has 4 nitrogen and oxygen atoms in total. The van der Waals surface area contributed by atoms with E-state index in [-0.39, 0.29) is 5.41 Å². The van der Waals surface area contributed by atoms with E-state index in [2.05, 4.69) is 275 Å². The highest BCUT2D eigenvalue weighted by molar-refractivity contribution is 6.21. The van der Waals surface area contributed by atoms with Gasteiger partial charge in [0.2, 0.25) is 0 Å². The van der Waals surface area contributed by atoms with Gasteiger partial charge in [-0.1, -0.05) is 210 Å². The molecule has 4 heteroatoms. The highest BCUT2D eigenvalue weighted by Crippen LogP contribution is 2.70. The van der Waals surface area contributed by atoms with Gasteiger partial charge in [-0.05, 0) is 195 Å². The molecule has 6 aliphatic carbocycles. The Morgan fingerprint density at radius 2 is 0.764 bits per heavy atom. The summed E-state index contributed by atoms with van der Waals surface area (Å²) in [5, 5.41) is 4.66. The van der Waals surface area contributed by atoms with Crippen LogP contribution in [0.5, 0.6) is 0 Å². The van der Waals surface area contributed by atoms with Crippen LogP contribution in [0, 0.1) is 0 Å². The molecule has 89 heavy (non-hydrogen) atoms. The molecule has 0 aliphatic heterocycles. The van der Waals surface area contributed by atoms with Crippen molar-refractivity contribution >= 4 is 61.1 Å². The van der Waals surface area contributed by atoms with Gasteiger partial charge < -0.3 is 8.83 Å². The standard InChI is InChI=1S/C85H54N2O2/c1-82(2)60-28-12-9-25-54(60)78-80(82)79-76(77-57-27-11-18-34-71(57)89-81(77)78)55-39-37-47(43-66(55)83(79,3)4)87(73-35-19-20-42-86-73)48-36-38-53-58-45-69-59(46-68(58)85(67(53)44-48)63-31-15-7-23-51(63)52-24-8-16-32-64(52)85)74-65(40-41-72-75(74)56-26-10-17-33-70(56)88-72)84(69)61-29-13-5-21-49(61)50-22-6-14-30-62(50)84/h5-46H,1-4H3. The maximum Gasteiger partial charge on any atom is 0.144 e. The summed E-state index contributed by atoms with van der Waals surface area (Å²) in [6.45, 7) is 9.73. The molecule has 0 N–H and O–H groups in total. The number of para-hydroxylation sites is 2. The van der Waals surface area contributed by atoms with E-state index < -0.39 is 16.2 Å². The quantitative estimate of drug-likeness (QED) is 0.177. The fourth-order valence-electron chi connectivity index (χ4n) is 18.8. The molecule has 0 radical (unpaired) electrons. The zero-order valence-corrected chi connectivity index (χ0v) is 49.5. The van der Waals surface area contributed by atoms with Crippen LogP contribution in [0.2, 0.25) is 0 Å². The molecular weight excluding hydrogens is 1080 g/mol. The molecule has 0 unspecified atom stereocenters. The maximum atomic E-state index is 7.07. The van der Waals surface area contributed by atoms with E-state index in [1.165, 1.54) is 144 Å². The highest BCUT2D eigenvalue weighted by Gasteiger charge is 2.57. The Balaban J connectivity index is 0.831. The van der Waals surface area contributed by atoms with Gasteiger partial charge in [0.1, 0.15) is 28.1 Å². The summed E-state index contributed by atoms with van der Waals surface area (Å²) in [5.74, 6) is 0.852. The second kappa shape index (κ2) is 16.2. The van der Waals surface area contributed by atoms with Gasteiger partial charge in [0.15, 0.2) is 0 Å². The van der Waals surface area contributed by atoms with E-state index in [4.69, 9.17) is 13.8 Å². The number of hydrogen-bond acceptors (Lipinski definition) is 4. The van der Waals surface area contributed by atoms with E-state index in [1.807, 2.05) is 12.3 Å². The lowest BCUT2D eigenvalue weighted by molar-refractivity contribution is 0.600. The summed E-state index contributed by atoms with van der Waals surface area (Å²) in [6.07, 6.45) is 1.93. The third-order valence-electron chi connectivity index (χ3n) is 22.1. The van der Waals surface area contributed by atoms with Crippen LogP contribution in [0.25, 0.3) is 111 Å². The Morgan fingerprint density at radius 1 is 0.303 bits per heavy atom. The van der Waals surface area contributed by atoms with Crippen LogP contribution in [-0.4, -0.2) is 4.98 Å². The fraction of sp³-hybridized carbons (Fsp3) is 0.0941. The van der Waals surface area contributed by atoms with Crippen molar-refractivity contribution in [3.63, 3.8) is 0 Å². The van der Waals surface area contributed by atoms with Crippen LogP contribution in [0.4, 0.5) is 17.2 Å². The summed E-state index contributed by atoms with van der Waals surface area (Å²) >= 11 is 0. The number of hydrogen-bond donors (Lipinski definition) is 0. The lowest BCUT2D eigenvalue weighted by Gasteiger charge is -2.33. The van der Waals surface area contributed by atoms with Gasteiger partial charge in [-0.15, -0.1) is 0 Å². The van der Waals surface area contributed by atoms with Crippen LogP contribution in [-0.2, 0) is 21.7 Å². The molecule has 0 bridgehead atoms. The molecule has 3 heterocycles. The molecule has 416 valence electrons. The summed E-state index contributed by atoms with van der Waals surface area (Å²) in [6, 6.07) is 93.7. The van der Waals surface area contributed by atoms with E-state index in [0.29, 0.717) is 0 Å². The summed E-state index contributed by atoms with van der Waals surface area (Å²) in [7, 11) is 0. The average molecular weight is 1140 g/mol. The first-order valence-corrected chi connectivity index (χ1v) is 31.3. The number of anilines is 3. The van der Waals surface area contributed by atoms with Crippen LogP contribution in [0.1, 0.15) is 94.5 Å². The minimum absolute atomic E-state index is 0.267. The van der Waals surface area contributed by atoms with E-state index in [0.717, 1.165) is 50.3 Å². The molecule has 2 spiro atoms. The molecule has 21 rings (SSSR count). The van der Waals surface area contributed by atoms with E-state index >= 15 is 0 Å². The minimum Gasteiger partial charge on any atom is -0.456 e. The molecule has 3 aromatic heterocycles. The third kappa shape index (κ3) is 5.52. The number of fused-ring (bicyclic) bond motifs is 36. The van der Waals surface area contributed by atoms with Gasteiger partial charge in [-0.3, -0.25) is 4.90 Å². The van der Waals surface area contributed by atoms with Crippen LogP contribution in [0.15, 0.2) is 264 Å². The van der Waals surface area contributed by atoms with Gasteiger partial charge in [-0.25, -0.2) is 4.98 Å². The fourth-order valence-corrected chi connectivity index (χ4v) is 18.8. The van der Waals surface area contributed by atoms with Crippen molar-refractivity contribution in [1.29, 1.82) is 0 Å².